The van der Waals surface area contributed by atoms with Crippen LogP contribution in [0.4, 0.5) is 0 Å². The lowest BCUT2D eigenvalue weighted by molar-refractivity contribution is -0.121. The second-order valence-corrected chi connectivity index (χ2v) is 8.28. The van der Waals surface area contributed by atoms with Gasteiger partial charge in [-0.1, -0.05) is 0 Å². The molecule has 0 atom stereocenters. The quantitative estimate of drug-likeness (QED) is 0.661. The Balaban J connectivity index is 1.73. The highest BCUT2D eigenvalue weighted by Crippen LogP contribution is 2.20. The molecular weight excluding hydrogens is 364 g/mol. The molecule has 1 N–H and O–H groups in total. The normalized spacial score (nSPS) is 12.0. The maximum atomic E-state index is 11.9. The van der Waals surface area contributed by atoms with Gasteiger partial charge in [-0.2, -0.15) is 25.3 Å². The van der Waals surface area contributed by atoms with Crippen molar-refractivity contribution in [2.45, 2.75) is 6.54 Å². The molecule has 0 fully saturated rings. The van der Waals surface area contributed by atoms with E-state index in [4.69, 9.17) is 0 Å². The number of nitrogens with zero attached hydrogens (tertiary/aromatic N) is 5. The molecule has 3 aromatic heterocycles. The topological polar surface area (TPSA) is 110 Å². The third-order valence-corrected chi connectivity index (χ3v) is 5.47. The van der Waals surface area contributed by atoms with Gasteiger partial charge in [-0.05, 0) is 23.6 Å². The van der Waals surface area contributed by atoms with Crippen molar-refractivity contribution in [2.75, 3.05) is 19.8 Å². The third-order valence-electron chi connectivity index (χ3n) is 3.52. The Morgan fingerprint density at radius 2 is 2.12 bits per heavy atom. The molecule has 0 aliphatic heterocycles. The van der Waals surface area contributed by atoms with Gasteiger partial charge in [0.2, 0.25) is 15.9 Å². The summed E-state index contributed by atoms with van der Waals surface area (Å²) >= 11 is 1.58. The summed E-state index contributed by atoms with van der Waals surface area (Å²) in [7, 11) is -2.06. The number of nitrogens with one attached hydrogen (secondary N) is 1. The van der Waals surface area contributed by atoms with E-state index in [-0.39, 0.29) is 13.1 Å². The Bertz CT molecular complexity index is 997. The maximum Gasteiger partial charge on any atom is 0.235 e. The second-order valence-electron chi connectivity index (χ2n) is 5.41. The molecular formula is C14H16N6O3S2. The SMILES string of the molecule is CN(CC(=O)NCc1nnc2ccc(-c3ccsc3)nn12)S(C)(=O)=O. The van der Waals surface area contributed by atoms with Crippen LogP contribution in [-0.4, -0.2) is 58.3 Å². The minimum absolute atomic E-state index is 0.0949. The summed E-state index contributed by atoms with van der Waals surface area (Å²) in [5.41, 5.74) is 2.33. The van der Waals surface area contributed by atoms with Crippen LogP contribution in [0.5, 0.6) is 0 Å². The van der Waals surface area contributed by atoms with E-state index in [0.29, 0.717) is 11.5 Å². The number of carbonyl (C=O) groups excluding carboxylic acids is 1. The van der Waals surface area contributed by atoms with Crippen LogP contribution in [0.25, 0.3) is 16.9 Å². The average molecular weight is 380 g/mol. The molecule has 1 amide bonds. The minimum atomic E-state index is -3.41. The average Bonchev–Trinajstić information content (AvgIpc) is 3.21. The summed E-state index contributed by atoms with van der Waals surface area (Å²) < 4.78 is 25.2. The number of hydrogen-bond donors (Lipinski definition) is 1. The van der Waals surface area contributed by atoms with E-state index in [9.17, 15) is 13.2 Å². The van der Waals surface area contributed by atoms with Gasteiger partial charge in [0, 0.05) is 18.0 Å². The highest BCUT2D eigenvalue weighted by atomic mass is 32.2. The van der Waals surface area contributed by atoms with Crippen LogP contribution in [0.15, 0.2) is 29.0 Å². The van der Waals surface area contributed by atoms with Crippen molar-refractivity contribution in [1.82, 2.24) is 29.4 Å². The highest BCUT2D eigenvalue weighted by molar-refractivity contribution is 7.88. The predicted octanol–water partition coefficient (Wildman–Crippen LogP) is 0.360. The first-order valence-corrected chi connectivity index (χ1v) is 10.1. The number of aromatic nitrogens is 4. The summed E-state index contributed by atoms with van der Waals surface area (Å²) in [6, 6.07) is 5.62. The summed E-state index contributed by atoms with van der Waals surface area (Å²) in [5.74, 6) is 0.0288. The first-order valence-electron chi connectivity index (χ1n) is 7.26. The Morgan fingerprint density at radius 3 is 2.80 bits per heavy atom. The molecule has 0 spiro atoms. The number of likely N-dealkylation sites (N-methyl/N-ethyl adjacent to an activating group) is 1. The number of thiophene rings is 1. The van der Waals surface area contributed by atoms with E-state index in [1.807, 2.05) is 22.9 Å². The van der Waals surface area contributed by atoms with Gasteiger partial charge in [-0.25, -0.2) is 8.42 Å². The maximum absolute atomic E-state index is 11.9. The van der Waals surface area contributed by atoms with Crippen molar-refractivity contribution < 1.29 is 13.2 Å². The van der Waals surface area contributed by atoms with Gasteiger partial charge in [0.25, 0.3) is 0 Å². The highest BCUT2D eigenvalue weighted by Gasteiger charge is 2.16. The fraction of sp³-hybridized carbons (Fsp3) is 0.286. The van der Waals surface area contributed by atoms with Crippen molar-refractivity contribution in [3.8, 4) is 11.3 Å². The van der Waals surface area contributed by atoms with Crippen molar-refractivity contribution in [3.05, 3.63) is 34.8 Å². The molecule has 0 unspecified atom stereocenters. The number of sulfonamides is 1. The second kappa shape index (κ2) is 6.86. The van der Waals surface area contributed by atoms with Crippen LogP contribution in [0, 0.1) is 0 Å². The van der Waals surface area contributed by atoms with Gasteiger partial charge in [0.05, 0.1) is 25.0 Å². The van der Waals surface area contributed by atoms with Crippen molar-refractivity contribution in [3.63, 3.8) is 0 Å². The van der Waals surface area contributed by atoms with Crippen LogP contribution in [0.1, 0.15) is 5.82 Å². The number of carbonyl (C=O) groups is 1. The molecule has 3 heterocycles. The van der Waals surface area contributed by atoms with E-state index in [2.05, 4.69) is 20.6 Å². The molecule has 0 aromatic carbocycles. The smallest absolute Gasteiger partial charge is 0.235 e. The standard InChI is InChI=1S/C14H16N6O3S2/c1-19(25(2,22)23)8-14(21)15-7-13-17-16-12-4-3-11(18-20(12)13)10-5-6-24-9-10/h3-6,9H,7-8H2,1-2H3,(H,15,21). The first kappa shape index (κ1) is 17.5. The monoisotopic (exact) mass is 380 g/mol. The Morgan fingerprint density at radius 1 is 1.32 bits per heavy atom. The fourth-order valence-electron chi connectivity index (χ4n) is 2.06. The zero-order valence-corrected chi connectivity index (χ0v) is 15.2. The van der Waals surface area contributed by atoms with Crippen LogP contribution >= 0.6 is 11.3 Å². The zero-order chi connectivity index (χ0) is 18.0. The summed E-state index contributed by atoms with van der Waals surface area (Å²) in [6.07, 6.45) is 1.04. The van der Waals surface area contributed by atoms with Gasteiger partial charge in [0.1, 0.15) is 0 Å². The lowest BCUT2D eigenvalue weighted by Gasteiger charge is -2.13. The van der Waals surface area contributed by atoms with E-state index in [1.165, 1.54) is 7.05 Å². The van der Waals surface area contributed by atoms with Crippen molar-refractivity contribution >= 4 is 32.9 Å². The first-order chi connectivity index (χ1) is 11.8. The Labute approximate surface area is 148 Å². The number of rotatable bonds is 6. The molecule has 0 saturated heterocycles. The van der Waals surface area contributed by atoms with E-state index in [1.54, 1.807) is 21.9 Å². The number of fused-ring (bicyclic) bond motifs is 1. The predicted molar refractivity (Wildman–Crippen MR) is 93.4 cm³/mol. The molecule has 9 nitrogen and oxygen atoms in total. The lowest BCUT2D eigenvalue weighted by atomic mass is 10.2. The summed E-state index contributed by atoms with van der Waals surface area (Å²) in [5, 5.41) is 19.1. The van der Waals surface area contributed by atoms with Gasteiger partial charge in [0.15, 0.2) is 11.5 Å². The molecule has 0 aliphatic carbocycles. The number of hydrogen-bond acceptors (Lipinski definition) is 7. The van der Waals surface area contributed by atoms with E-state index in [0.717, 1.165) is 21.8 Å². The van der Waals surface area contributed by atoms with Crippen LogP contribution < -0.4 is 5.32 Å². The minimum Gasteiger partial charge on any atom is -0.348 e. The van der Waals surface area contributed by atoms with Crippen LogP contribution in [-0.2, 0) is 21.4 Å². The van der Waals surface area contributed by atoms with Gasteiger partial charge >= 0.3 is 0 Å². The molecule has 132 valence electrons. The largest absolute Gasteiger partial charge is 0.348 e. The molecule has 0 aliphatic rings. The third kappa shape index (κ3) is 4.00. The molecule has 25 heavy (non-hydrogen) atoms. The van der Waals surface area contributed by atoms with Crippen molar-refractivity contribution in [2.24, 2.45) is 0 Å². The van der Waals surface area contributed by atoms with E-state index >= 15 is 0 Å². The van der Waals surface area contributed by atoms with Gasteiger partial charge in [-0.3, -0.25) is 4.79 Å². The zero-order valence-electron chi connectivity index (χ0n) is 13.6. The molecule has 0 saturated carbocycles. The van der Waals surface area contributed by atoms with Gasteiger partial charge in [-0.15, -0.1) is 10.2 Å². The fourth-order valence-corrected chi connectivity index (χ4v) is 3.06. The van der Waals surface area contributed by atoms with Crippen LogP contribution in [0.3, 0.4) is 0 Å². The Kier molecular flexibility index (Phi) is 4.79. The molecule has 3 aromatic rings. The molecule has 0 radical (unpaired) electrons. The molecule has 0 bridgehead atoms. The van der Waals surface area contributed by atoms with Crippen molar-refractivity contribution in [1.29, 1.82) is 0 Å². The number of amides is 1. The lowest BCUT2D eigenvalue weighted by Crippen LogP contribution is -2.37. The molecule has 3 rings (SSSR count). The molecule has 11 heteroatoms. The summed E-state index contributed by atoms with van der Waals surface area (Å²) in [4.78, 5) is 11.9. The Hall–Kier alpha value is -2.37. The van der Waals surface area contributed by atoms with E-state index < -0.39 is 15.9 Å². The van der Waals surface area contributed by atoms with Crippen LogP contribution in [0.2, 0.25) is 0 Å². The van der Waals surface area contributed by atoms with Gasteiger partial charge < -0.3 is 5.32 Å². The summed E-state index contributed by atoms with van der Waals surface area (Å²) in [6.45, 7) is -0.166.